The second-order valence-electron chi connectivity index (χ2n) is 8.44. The molecule has 4 rings (SSSR count). The van der Waals surface area contributed by atoms with Gasteiger partial charge in [0.1, 0.15) is 11.5 Å². The molecule has 0 spiro atoms. The van der Waals surface area contributed by atoms with E-state index in [9.17, 15) is 4.39 Å². The van der Waals surface area contributed by atoms with E-state index in [2.05, 4.69) is 0 Å². The molecule has 158 valence electrons. The zero-order valence-electron chi connectivity index (χ0n) is 18.8. The monoisotopic (exact) mass is 412 g/mol. The summed E-state index contributed by atoms with van der Waals surface area (Å²) >= 11 is 0. The van der Waals surface area contributed by atoms with Crippen molar-refractivity contribution in [3.05, 3.63) is 74.5 Å². The highest BCUT2D eigenvalue weighted by Crippen LogP contribution is 2.47. The lowest BCUT2D eigenvalue weighted by atomic mass is 9.82. The Bertz CT molecular complexity index is 1200. The summed E-state index contributed by atoms with van der Waals surface area (Å²) in [5, 5.41) is 0. The minimum atomic E-state index is -4.06. The van der Waals surface area contributed by atoms with Crippen LogP contribution in [0.15, 0.2) is 35.0 Å². The fourth-order valence-electron chi connectivity index (χ4n) is 5.60. The van der Waals surface area contributed by atoms with Gasteiger partial charge in [0.2, 0.25) is 0 Å². The van der Waals surface area contributed by atoms with Crippen molar-refractivity contribution >= 4 is 18.3 Å². The first kappa shape index (κ1) is 20.8. The van der Waals surface area contributed by atoms with Crippen LogP contribution in [-0.4, -0.2) is 21.6 Å². The summed E-state index contributed by atoms with van der Waals surface area (Å²) in [6, 6.07) is 4.63. The number of fused-ring (bicyclic) bond motifs is 2. The fraction of sp³-hybridized carbons (Fsp3) is 0.375. The third-order valence-electron chi connectivity index (χ3n) is 6.96. The van der Waals surface area contributed by atoms with E-state index >= 15 is 8.63 Å². The molecule has 0 saturated carbocycles. The summed E-state index contributed by atoms with van der Waals surface area (Å²) in [5.74, 6) is -0.364. The van der Waals surface area contributed by atoms with Gasteiger partial charge in [0.15, 0.2) is 5.70 Å². The van der Waals surface area contributed by atoms with Crippen LogP contribution in [-0.2, 0) is 6.42 Å². The van der Waals surface area contributed by atoms with E-state index < -0.39 is 6.97 Å². The van der Waals surface area contributed by atoms with Gasteiger partial charge >= 0.3 is 6.97 Å². The average Bonchev–Trinajstić information content (AvgIpc) is 3.09. The highest BCUT2D eigenvalue weighted by molar-refractivity contribution is 6.58. The zero-order valence-corrected chi connectivity index (χ0v) is 18.8. The molecular weight excluding hydrogens is 384 g/mol. The van der Waals surface area contributed by atoms with Crippen LogP contribution < -0.4 is 0 Å². The Morgan fingerprint density at radius 1 is 1.00 bits per heavy atom. The molecule has 0 N–H and O–H groups in total. The number of halogens is 3. The molecular formula is C24H28BF3N2. The van der Waals surface area contributed by atoms with Crippen LogP contribution in [0.1, 0.15) is 67.8 Å². The first-order valence-corrected chi connectivity index (χ1v) is 10.6. The molecule has 2 nitrogen and oxygen atoms in total. The first-order chi connectivity index (χ1) is 14.1. The van der Waals surface area contributed by atoms with E-state index in [1.807, 2.05) is 34.6 Å². The maximum absolute atomic E-state index is 16.1. The van der Waals surface area contributed by atoms with Crippen LogP contribution in [0.2, 0.25) is 0 Å². The van der Waals surface area contributed by atoms with Crippen LogP contribution in [0.25, 0.3) is 5.57 Å². The Labute approximate surface area is 176 Å². The maximum Gasteiger partial charge on any atom is 0.737 e. The first-order valence-electron chi connectivity index (χ1n) is 10.6. The molecule has 0 bridgehead atoms. The Morgan fingerprint density at radius 3 is 2.27 bits per heavy atom. The second kappa shape index (κ2) is 6.76. The van der Waals surface area contributed by atoms with E-state index in [1.54, 1.807) is 19.9 Å². The molecule has 0 radical (unpaired) electrons. The van der Waals surface area contributed by atoms with E-state index in [1.165, 1.54) is 21.1 Å². The minimum absolute atomic E-state index is 0.364. The fourth-order valence-corrected chi connectivity index (χ4v) is 5.60. The molecule has 3 heterocycles. The minimum Gasteiger partial charge on any atom is -0.393 e. The molecule has 2 aliphatic rings. The van der Waals surface area contributed by atoms with Gasteiger partial charge in [-0.15, -0.1) is 0 Å². The molecule has 0 aliphatic carbocycles. The summed E-state index contributed by atoms with van der Waals surface area (Å²) in [5.41, 5.74) is 8.09. The van der Waals surface area contributed by atoms with Crippen molar-refractivity contribution in [3.8, 4) is 0 Å². The van der Waals surface area contributed by atoms with Crippen molar-refractivity contribution in [3.63, 3.8) is 0 Å². The van der Waals surface area contributed by atoms with Gasteiger partial charge in [-0.3, -0.25) is 0 Å². The Morgan fingerprint density at radius 2 is 1.67 bits per heavy atom. The van der Waals surface area contributed by atoms with Crippen molar-refractivity contribution in [1.29, 1.82) is 0 Å². The predicted octanol–water partition coefficient (Wildman–Crippen LogP) is 6.32. The molecule has 0 saturated heterocycles. The van der Waals surface area contributed by atoms with Gasteiger partial charge in [0.25, 0.3) is 0 Å². The van der Waals surface area contributed by atoms with Crippen molar-refractivity contribution in [2.24, 2.45) is 0 Å². The van der Waals surface area contributed by atoms with Crippen molar-refractivity contribution in [2.45, 2.75) is 61.3 Å². The summed E-state index contributed by atoms with van der Waals surface area (Å²) in [7, 11) is 0. The maximum atomic E-state index is 16.1. The highest BCUT2D eigenvalue weighted by atomic mass is 19.2. The molecule has 30 heavy (non-hydrogen) atoms. The third-order valence-corrected chi connectivity index (χ3v) is 6.96. The average molecular weight is 412 g/mol. The molecule has 1 aromatic heterocycles. The zero-order chi connectivity index (χ0) is 22.1. The van der Waals surface area contributed by atoms with Crippen LogP contribution in [0.5, 0.6) is 0 Å². The molecule has 0 amide bonds. The van der Waals surface area contributed by atoms with Gasteiger partial charge in [0, 0.05) is 23.8 Å². The molecule has 0 fully saturated rings. The van der Waals surface area contributed by atoms with Crippen LogP contribution in [0, 0.1) is 26.6 Å². The smallest absolute Gasteiger partial charge is 0.393 e. The number of allylic oxidation sites excluding steroid dienone is 2. The lowest BCUT2D eigenvalue weighted by molar-refractivity contribution is -0.363. The number of benzene rings is 1. The van der Waals surface area contributed by atoms with E-state index in [4.69, 9.17) is 0 Å². The largest absolute Gasteiger partial charge is 0.737 e. The summed E-state index contributed by atoms with van der Waals surface area (Å²) in [6.07, 6.45) is 1.35. The number of rotatable bonds is 3. The normalized spacial score (nSPS) is 17.8. The molecule has 2 aliphatic heterocycles. The van der Waals surface area contributed by atoms with Crippen molar-refractivity contribution in [1.82, 2.24) is 4.48 Å². The number of aromatic nitrogens is 1. The predicted molar refractivity (Wildman–Crippen MR) is 118 cm³/mol. The Hall–Kier alpha value is -2.50. The number of hydrogen-bond donors (Lipinski definition) is 0. The van der Waals surface area contributed by atoms with Crippen LogP contribution in [0.3, 0.4) is 0 Å². The standard InChI is InChI=1S/C24H28BF3N2/c1-8-19-14(4)23-22(21-12-18(26)11-10-13(21)3)24-15(5)20(9-2)17(7)30(24)25(27,28)29(23)16(19)6/h10-12H,8-9H2,1-7H3. The van der Waals surface area contributed by atoms with E-state index in [0.717, 1.165) is 27.8 Å². The second-order valence-corrected chi connectivity index (χ2v) is 8.44. The lowest BCUT2D eigenvalue weighted by Crippen LogP contribution is -2.51. The number of aryl methyl sites for hydroxylation is 1. The molecule has 0 atom stereocenters. The molecule has 2 aromatic rings. The number of nitrogens with zero attached hydrogens (tertiary/aromatic N) is 2. The molecule has 6 heteroatoms. The Kier molecular flexibility index (Phi) is 4.68. The van der Waals surface area contributed by atoms with Crippen molar-refractivity contribution < 1.29 is 17.5 Å². The highest BCUT2D eigenvalue weighted by Gasteiger charge is 2.56. The topological polar surface area (TPSA) is 7.94 Å². The molecule has 1 aromatic carbocycles. The number of hydrogen-bond acceptors (Lipinski definition) is 0. The van der Waals surface area contributed by atoms with Gasteiger partial charge in [-0.2, -0.15) is 0 Å². The van der Waals surface area contributed by atoms with Crippen molar-refractivity contribution in [2.75, 3.05) is 0 Å². The quantitative estimate of drug-likeness (QED) is 0.521. The summed E-state index contributed by atoms with van der Waals surface area (Å²) in [6.45, 7) is 9.22. The van der Waals surface area contributed by atoms with Crippen LogP contribution in [0.4, 0.5) is 13.0 Å². The van der Waals surface area contributed by atoms with Gasteiger partial charge in [-0.1, -0.05) is 19.9 Å². The van der Waals surface area contributed by atoms with Gasteiger partial charge in [0.05, 0.1) is 5.57 Å². The van der Waals surface area contributed by atoms with Gasteiger partial charge < -0.3 is 17.6 Å². The Balaban J connectivity index is 2.27. The van der Waals surface area contributed by atoms with Crippen LogP contribution >= 0.6 is 0 Å². The summed E-state index contributed by atoms with van der Waals surface area (Å²) < 4.78 is 49.1. The SMILES string of the molecule is CCC1=C(C)C2=C(c3cc(F)ccc3C)c3c(C)c(CC)c(C)n3[B-](F)(F)[N+]2=C1C. The summed E-state index contributed by atoms with van der Waals surface area (Å²) in [4.78, 5) is 0. The van der Waals surface area contributed by atoms with Gasteiger partial charge in [-0.25, -0.2) is 4.39 Å². The van der Waals surface area contributed by atoms with E-state index in [0.29, 0.717) is 46.8 Å². The lowest BCUT2D eigenvalue weighted by Gasteiger charge is -2.34. The van der Waals surface area contributed by atoms with E-state index in [-0.39, 0.29) is 5.82 Å². The molecule has 0 unspecified atom stereocenters. The third kappa shape index (κ3) is 2.49. The van der Waals surface area contributed by atoms with Gasteiger partial charge in [-0.05, 0) is 80.6 Å².